The number of carbonyl (C=O) groups is 1. The lowest BCUT2D eigenvalue weighted by Crippen LogP contribution is -2.34. The summed E-state index contributed by atoms with van der Waals surface area (Å²) < 4.78 is 9.55. The van der Waals surface area contributed by atoms with Crippen LogP contribution in [0, 0.1) is 0 Å². The third-order valence-electron chi connectivity index (χ3n) is 3.41. The zero-order valence-electron chi connectivity index (χ0n) is 13.3. The van der Waals surface area contributed by atoms with Crippen LogP contribution in [0.2, 0.25) is 0 Å². The van der Waals surface area contributed by atoms with Crippen molar-refractivity contribution >= 4 is 22.6 Å². The maximum atomic E-state index is 12.0. The molecule has 124 valence electrons. The first-order valence-electron chi connectivity index (χ1n) is 7.57. The van der Waals surface area contributed by atoms with E-state index >= 15 is 0 Å². The van der Waals surface area contributed by atoms with Gasteiger partial charge in [-0.15, -0.1) is 0 Å². The Kier molecular flexibility index (Phi) is 5.22. The number of aromatic nitrogens is 2. The Morgan fingerprint density at radius 2 is 2.08 bits per heavy atom. The van der Waals surface area contributed by atoms with Crippen molar-refractivity contribution in [2.75, 3.05) is 18.5 Å². The first-order valence-corrected chi connectivity index (χ1v) is 8.35. The first-order chi connectivity index (χ1) is 11.7. The molecule has 1 amide bonds. The van der Waals surface area contributed by atoms with Gasteiger partial charge in [0.2, 0.25) is 11.0 Å². The van der Waals surface area contributed by atoms with Crippen LogP contribution in [-0.2, 0) is 17.8 Å². The second kappa shape index (κ2) is 7.74. The number of benzene rings is 1. The van der Waals surface area contributed by atoms with E-state index in [0.717, 1.165) is 16.7 Å². The fourth-order valence-corrected chi connectivity index (χ4v) is 2.83. The number of nitrogens with one attached hydrogen (secondary N) is 1. The highest BCUT2D eigenvalue weighted by Crippen LogP contribution is 2.17. The van der Waals surface area contributed by atoms with E-state index in [4.69, 9.17) is 4.42 Å². The quantitative estimate of drug-likeness (QED) is 0.714. The van der Waals surface area contributed by atoms with Crippen LogP contribution in [0.4, 0.5) is 5.13 Å². The summed E-state index contributed by atoms with van der Waals surface area (Å²) in [7, 11) is 1.83. The lowest BCUT2D eigenvalue weighted by atomic mass is 10.1. The minimum Gasteiger partial charge on any atom is -0.467 e. The zero-order chi connectivity index (χ0) is 16.8. The van der Waals surface area contributed by atoms with Gasteiger partial charge in [-0.3, -0.25) is 4.79 Å². The Morgan fingerprint density at radius 1 is 1.25 bits per heavy atom. The number of hydrogen-bond acceptors (Lipinski definition) is 6. The van der Waals surface area contributed by atoms with E-state index < -0.39 is 0 Å². The number of rotatable bonds is 7. The molecule has 0 aliphatic rings. The molecule has 6 nitrogen and oxygen atoms in total. The van der Waals surface area contributed by atoms with Crippen LogP contribution in [-0.4, -0.2) is 28.9 Å². The maximum absolute atomic E-state index is 12.0. The van der Waals surface area contributed by atoms with E-state index in [1.54, 1.807) is 17.2 Å². The molecule has 1 N–H and O–H groups in total. The minimum atomic E-state index is -0.0892. The highest BCUT2D eigenvalue weighted by Gasteiger charge is 2.13. The van der Waals surface area contributed by atoms with Crippen molar-refractivity contribution in [3.63, 3.8) is 0 Å². The number of likely N-dealkylation sites (N-methyl/N-ethyl adjacent to an activating group) is 1. The molecule has 0 saturated heterocycles. The van der Waals surface area contributed by atoms with E-state index in [2.05, 4.69) is 14.7 Å². The number of carbonyl (C=O) groups excluding carboxylic acids is 1. The van der Waals surface area contributed by atoms with Gasteiger partial charge >= 0.3 is 0 Å². The highest BCUT2D eigenvalue weighted by molar-refractivity contribution is 7.09. The summed E-state index contributed by atoms with van der Waals surface area (Å²) in [6.45, 7) is 0.607. The summed E-state index contributed by atoms with van der Waals surface area (Å²) in [6.07, 6.45) is 2.28. The van der Waals surface area contributed by atoms with Crippen LogP contribution in [0.1, 0.15) is 17.1 Å². The van der Waals surface area contributed by atoms with Gasteiger partial charge in [-0.05, 0) is 17.7 Å². The summed E-state index contributed by atoms with van der Waals surface area (Å²) in [5.74, 6) is 1.41. The molecule has 0 unspecified atom stereocenters. The Morgan fingerprint density at radius 3 is 2.83 bits per heavy atom. The highest BCUT2D eigenvalue weighted by atomic mass is 32.1. The summed E-state index contributed by atoms with van der Waals surface area (Å²) >= 11 is 1.30. The number of anilines is 1. The van der Waals surface area contributed by atoms with E-state index in [-0.39, 0.29) is 12.5 Å². The van der Waals surface area contributed by atoms with Crippen molar-refractivity contribution in [2.45, 2.75) is 13.0 Å². The molecule has 7 heteroatoms. The van der Waals surface area contributed by atoms with Crippen LogP contribution in [0.5, 0.6) is 0 Å². The van der Waals surface area contributed by atoms with E-state index in [9.17, 15) is 4.79 Å². The SMILES string of the molecule is CN(CC(=O)NCc1ccco1)c1nc(Cc2ccccc2)ns1. The molecule has 3 rings (SSSR count). The van der Waals surface area contributed by atoms with Crippen LogP contribution in [0.3, 0.4) is 0 Å². The summed E-state index contributed by atoms with van der Waals surface area (Å²) in [5, 5.41) is 3.55. The molecule has 0 fully saturated rings. The molecular formula is C17H18N4O2S. The Hall–Kier alpha value is -2.67. The van der Waals surface area contributed by atoms with Crippen molar-refractivity contribution in [2.24, 2.45) is 0 Å². The van der Waals surface area contributed by atoms with Crippen LogP contribution >= 0.6 is 11.5 Å². The second-order valence-electron chi connectivity index (χ2n) is 5.37. The van der Waals surface area contributed by atoms with Gasteiger partial charge in [-0.25, -0.2) is 4.98 Å². The van der Waals surface area contributed by atoms with Gasteiger partial charge in [0.1, 0.15) is 11.6 Å². The number of furan rings is 1. The maximum Gasteiger partial charge on any atom is 0.239 e. The van der Waals surface area contributed by atoms with Crippen LogP contribution in [0.15, 0.2) is 53.1 Å². The predicted molar refractivity (Wildman–Crippen MR) is 93.0 cm³/mol. The number of nitrogens with zero attached hydrogens (tertiary/aromatic N) is 3. The molecule has 3 aromatic rings. The molecule has 1 aromatic carbocycles. The van der Waals surface area contributed by atoms with Crippen molar-refractivity contribution in [1.29, 1.82) is 0 Å². The van der Waals surface area contributed by atoms with Gasteiger partial charge < -0.3 is 14.6 Å². The van der Waals surface area contributed by atoms with Gasteiger partial charge in [-0.2, -0.15) is 4.37 Å². The minimum absolute atomic E-state index is 0.0892. The average molecular weight is 342 g/mol. The summed E-state index contributed by atoms with van der Waals surface area (Å²) in [5.41, 5.74) is 1.17. The Bertz CT molecular complexity index is 771. The molecule has 0 aliphatic carbocycles. The molecule has 0 radical (unpaired) electrons. The molecule has 24 heavy (non-hydrogen) atoms. The smallest absolute Gasteiger partial charge is 0.239 e. The monoisotopic (exact) mass is 342 g/mol. The molecule has 0 bridgehead atoms. The van der Waals surface area contributed by atoms with Gasteiger partial charge in [0, 0.05) is 25.0 Å². The van der Waals surface area contributed by atoms with Crippen LogP contribution < -0.4 is 10.2 Å². The van der Waals surface area contributed by atoms with Gasteiger partial charge in [-0.1, -0.05) is 30.3 Å². The van der Waals surface area contributed by atoms with Crippen molar-refractivity contribution in [1.82, 2.24) is 14.7 Å². The summed E-state index contributed by atoms with van der Waals surface area (Å²) in [4.78, 5) is 18.3. The normalized spacial score (nSPS) is 10.5. The van der Waals surface area contributed by atoms with Crippen LogP contribution in [0.25, 0.3) is 0 Å². The van der Waals surface area contributed by atoms with E-state index in [1.165, 1.54) is 17.1 Å². The zero-order valence-corrected chi connectivity index (χ0v) is 14.1. The Balaban J connectivity index is 1.51. The molecule has 2 aromatic heterocycles. The van der Waals surface area contributed by atoms with Crippen molar-refractivity contribution < 1.29 is 9.21 Å². The molecule has 0 saturated carbocycles. The second-order valence-corrected chi connectivity index (χ2v) is 6.10. The van der Waals surface area contributed by atoms with E-state index in [0.29, 0.717) is 13.0 Å². The van der Waals surface area contributed by atoms with Gasteiger partial charge in [0.05, 0.1) is 19.4 Å². The number of amides is 1. The summed E-state index contributed by atoms with van der Waals surface area (Å²) in [6, 6.07) is 13.7. The lowest BCUT2D eigenvalue weighted by molar-refractivity contribution is -0.119. The fraction of sp³-hybridized carbons (Fsp3) is 0.235. The van der Waals surface area contributed by atoms with Gasteiger partial charge in [0.15, 0.2) is 0 Å². The predicted octanol–water partition coefficient (Wildman–Crippen LogP) is 2.47. The largest absolute Gasteiger partial charge is 0.467 e. The third kappa shape index (κ3) is 4.42. The first kappa shape index (κ1) is 16.2. The molecular weight excluding hydrogens is 324 g/mol. The van der Waals surface area contributed by atoms with Gasteiger partial charge in [0.25, 0.3) is 0 Å². The molecule has 0 spiro atoms. The standard InChI is InChI=1S/C17H18N4O2S/c1-21(12-16(22)18-11-14-8-5-9-23-14)17-19-15(20-24-17)10-13-6-3-2-4-7-13/h2-9H,10-12H2,1H3,(H,18,22). The van der Waals surface area contributed by atoms with Crippen molar-refractivity contribution in [3.8, 4) is 0 Å². The topological polar surface area (TPSA) is 71.3 Å². The molecule has 2 heterocycles. The molecule has 0 aliphatic heterocycles. The number of hydrogen-bond donors (Lipinski definition) is 1. The molecule has 0 atom stereocenters. The third-order valence-corrected chi connectivity index (χ3v) is 4.28. The average Bonchev–Trinajstić information content (AvgIpc) is 3.25. The van der Waals surface area contributed by atoms with Crippen molar-refractivity contribution in [3.05, 3.63) is 65.9 Å². The fourth-order valence-electron chi connectivity index (χ4n) is 2.19. The lowest BCUT2D eigenvalue weighted by Gasteiger charge is -2.14. The Labute approximate surface area is 144 Å². The van der Waals surface area contributed by atoms with E-state index in [1.807, 2.05) is 43.4 Å².